The second kappa shape index (κ2) is 7.80. The molecule has 1 aromatic heterocycles. The Hall–Kier alpha value is -0.540. The van der Waals surface area contributed by atoms with Crippen LogP contribution < -0.4 is 5.32 Å². The highest BCUT2D eigenvalue weighted by Gasteiger charge is 2.18. The Morgan fingerprint density at radius 3 is 2.67 bits per heavy atom. The maximum atomic E-state index is 12.1. The van der Waals surface area contributed by atoms with Crippen molar-refractivity contribution in [3.63, 3.8) is 0 Å². The van der Waals surface area contributed by atoms with Crippen LogP contribution >= 0.6 is 22.9 Å². The van der Waals surface area contributed by atoms with Crippen molar-refractivity contribution < 1.29 is 4.79 Å². The minimum Gasteiger partial charge on any atom is -0.349 e. The van der Waals surface area contributed by atoms with Gasteiger partial charge in [0.15, 0.2) is 0 Å². The first-order valence-corrected chi connectivity index (χ1v) is 7.83. The Kier molecular flexibility index (Phi) is 6.72. The summed E-state index contributed by atoms with van der Waals surface area (Å²) in [5, 5.41) is 3.08. The van der Waals surface area contributed by atoms with Gasteiger partial charge in [0.2, 0.25) is 5.91 Å². The molecule has 1 aromatic rings. The number of carbonyl (C=O) groups is 1. The van der Waals surface area contributed by atoms with Gasteiger partial charge in [-0.3, -0.25) is 4.79 Å². The minimum absolute atomic E-state index is 0.0469. The molecule has 2 atom stereocenters. The van der Waals surface area contributed by atoms with E-state index in [4.69, 9.17) is 11.6 Å². The highest BCUT2D eigenvalue weighted by atomic mass is 35.5. The number of unbranched alkanes of at least 4 members (excludes halogenated alkanes) is 1. The molecule has 1 N–H and O–H groups in total. The Labute approximate surface area is 119 Å². The molecule has 0 saturated carbocycles. The Balaban J connectivity index is 2.52. The van der Waals surface area contributed by atoms with Gasteiger partial charge in [-0.1, -0.05) is 38.3 Å². The summed E-state index contributed by atoms with van der Waals surface area (Å²) in [5.41, 5.74) is 0. The first kappa shape index (κ1) is 15.5. The fourth-order valence-corrected chi connectivity index (χ4v) is 3.00. The summed E-state index contributed by atoms with van der Waals surface area (Å²) >= 11 is 7.43. The Bertz CT molecular complexity index is 378. The number of carbonyl (C=O) groups excluding carboxylic acids is 1. The molecule has 0 spiro atoms. The second-order valence-corrected chi connectivity index (χ2v) is 6.37. The van der Waals surface area contributed by atoms with Crippen molar-refractivity contribution in [3.05, 3.63) is 21.3 Å². The average Bonchev–Trinajstić information content (AvgIpc) is 2.77. The highest BCUT2D eigenvalue weighted by molar-refractivity contribution is 7.16. The molecule has 18 heavy (non-hydrogen) atoms. The van der Waals surface area contributed by atoms with E-state index in [0.29, 0.717) is 0 Å². The SMILES string of the molecule is CCCCC(CC)C(=O)NC(C)c1ccc(Cl)s1. The fraction of sp³-hybridized carbons (Fsp3) is 0.643. The highest BCUT2D eigenvalue weighted by Crippen LogP contribution is 2.27. The van der Waals surface area contributed by atoms with Gasteiger partial charge in [-0.25, -0.2) is 0 Å². The first-order valence-electron chi connectivity index (χ1n) is 6.64. The zero-order chi connectivity index (χ0) is 13.5. The molecule has 0 fully saturated rings. The Morgan fingerprint density at radius 1 is 1.44 bits per heavy atom. The van der Waals surface area contributed by atoms with Crippen molar-refractivity contribution in [2.45, 2.75) is 52.5 Å². The molecule has 0 aliphatic carbocycles. The van der Waals surface area contributed by atoms with Gasteiger partial charge in [0.25, 0.3) is 0 Å². The summed E-state index contributed by atoms with van der Waals surface area (Å²) in [6.07, 6.45) is 4.14. The molecule has 0 aliphatic heterocycles. The van der Waals surface area contributed by atoms with Gasteiger partial charge in [0.1, 0.15) is 0 Å². The van der Waals surface area contributed by atoms with E-state index in [2.05, 4.69) is 19.2 Å². The van der Waals surface area contributed by atoms with Gasteiger partial charge >= 0.3 is 0 Å². The molecule has 4 heteroatoms. The lowest BCUT2D eigenvalue weighted by molar-refractivity contribution is -0.126. The predicted octanol–water partition coefficient (Wildman–Crippen LogP) is 4.80. The summed E-state index contributed by atoms with van der Waals surface area (Å²) < 4.78 is 0.768. The maximum absolute atomic E-state index is 12.1. The molecule has 1 amide bonds. The molecule has 0 aromatic carbocycles. The molecule has 0 aliphatic rings. The van der Waals surface area contributed by atoms with Crippen LogP contribution in [0.4, 0.5) is 0 Å². The second-order valence-electron chi connectivity index (χ2n) is 4.62. The summed E-state index contributed by atoms with van der Waals surface area (Å²) in [6, 6.07) is 3.90. The van der Waals surface area contributed by atoms with Crippen LogP contribution in [-0.4, -0.2) is 5.91 Å². The summed E-state index contributed by atoms with van der Waals surface area (Å²) in [4.78, 5) is 13.2. The summed E-state index contributed by atoms with van der Waals surface area (Å²) in [6.45, 7) is 6.24. The molecule has 2 nitrogen and oxygen atoms in total. The van der Waals surface area contributed by atoms with Crippen LogP contribution in [0, 0.1) is 5.92 Å². The van der Waals surface area contributed by atoms with Crippen LogP contribution in [0.5, 0.6) is 0 Å². The van der Waals surface area contributed by atoms with E-state index in [0.717, 1.165) is 34.9 Å². The van der Waals surface area contributed by atoms with E-state index in [9.17, 15) is 4.79 Å². The average molecular weight is 288 g/mol. The van der Waals surface area contributed by atoms with Gasteiger partial charge < -0.3 is 5.32 Å². The molecule has 1 heterocycles. The molecule has 102 valence electrons. The smallest absolute Gasteiger partial charge is 0.223 e. The van der Waals surface area contributed by atoms with Crippen LogP contribution in [0.3, 0.4) is 0 Å². The largest absolute Gasteiger partial charge is 0.349 e. The van der Waals surface area contributed by atoms with Gasteiger partial charge in [-0.15, -0.1) is 11.3 Å². The maximum Gasteiger partial charge on any atom is 0.223 e. The normalized spacial score (nSPS) is 14.2. The van der Waals surface area contributed by atoms with Crippen LogP contribution in [0.15, 0.2) is 12.1 Å². The number of nitrogens with one attached hydrogen (secondary N) is 1. The number of thiophene rings is 1. The van der Waals surface area contributed by atoms with E-state index >= 15 is 0 Å². The molecule has 0 radical (unpaired) electrons. The predicted molar refractivity (Wildman–Crippen MR) is 79.2 cm³/mol. The van der Waals surface area contributed by atoms with Crippen LogP contribution in [0.1, 0.15) is 57.4 Å². The topological polar surface area (TPSA) is 29.1 Å². The van der Waals surface area contributed by atoms with Crippen LogP contribution in [-0.2, 0) is 4.79 Å². The first-order chi connectivity index (χ1) is 8.58. The number of rotatable bonds is 7. The van der Waals surface area contributed by atoms with E-state index in [-0.39, 0.29) is 17.9 Å². The number of hydrogen-bond donors (Lipinski definition) is 1. The molecular formula is C14H22ClNOS. The lowest BCUT2D eigenvalue weighted by atomic mass is 9.98. The van der Waals surface area contributed by atoms with Crippen LogP contribution in [0.25, 0.3) is 0 Å². The molecule has 0 saturated heterocycles. The third-order valence-electron chi connectivity index (χ3n) is 3.15. The summed E-state index contributed by atoms with van der Waals surface area (Å²) in [7, 11) is 0. The molecular weight excluding hydrogens is 266 g/mol. The van der Waals surface area contributed by atoms with Crippen molar-refractivity contribution in [3.8, 4) is 0 Å². The van der Waals surface area contributed by atoms with Crippen molar-refractivity contribution in [1.29, 1.82) is 0 Å². The third kappa shape index (κ3) is 4.62. The van der Waals surface area contributed by atoms with Gasteiger partial charge in [0.05, 0.1) is 10.4 Å². The van der Waals surface area contributed by atoms with Crippen molar-refractivity contribution in [1.82, 2.24) is 5.32 Å². The lowest BCUT2D eigenvalue weighted by Crippen LogP contribution is -2.32. The number of hydrogen-bond acceptors (Lipinski definition) is 2. The molecule has 1 rings (SSSR count). The summed E-state index contributed by atoms with van der Waals surface area (Å²) in [5.74, 6) is 0.311. The molecule has 2 unspecified atom stereocenters. The third-order valence-corrected chi connectivity index (χ3v) is 4.56. The van der Waals surface area contributed by atoms with Gasteiger partial charge in [0, 0.05) is 10.8 Å². The quantitative estimate of drug-likeness (QED) is 0.767. The van der Waals surface area contributed by atoms with Crippen molar-refractivity contribution in [2.24, 2.45) is 5.92 Å². The fourth-order valence-electron chi connectivity index (χ4n) is 1.93. The lowest BCUT2D eigenvalue weighted by Gasteiger charge is -2.18. The van der Waals surface area contributed by atoms with Gasteiger partial charge in [-0.2, -0.15) is 0 Å². The zero-order valence-electron chi connectivity index (χ0n) is 11.3. The zero-order valence-corrected chi connectivity index (χ0v) is 12.9. The number of halogens is 1. The van der Waals surface area contributed by atoms with E-state index < -0.39 is 0 Å². The number of amides is 1. The van der Waals surface area contributed by atoms with Gasteiger partial charge in [-0.05, 0) is 31.9 Å². The van der Waals surface area contributed by atoms with E-state index in [1.165, 1.54) is 11.3 Å². The monoisotopic (exact) mass is 287 g/mol. The van der Waals surface area contributed by atoms with E-state index in [1.807, 2.05) is 19.1 Å². The van der Waals surface area contributed by atoms with Crippen molar-refractivity contribution in [2.75, 3.05) is 0 Å². The minimum atomic E-state index is 0.0469. The van der Waals surface area contributed by atoms with E-state index in [1.54, 1.807) is 0 Å². The Morgan fingerprint density at radius 2 is 2.17 bits per heavy atom. The standard InChI is InChI=1S/C14H22ClNOS/c1-4-6-7-11(5-2)14(17)16-10(3)12-8-9-13(15)18-12/h8-11H,4-7H2,1-3H3,(H,16,17). The van der Waals surface area contributed by atoms with Crippen molar-refractivity contribution >= 4 is 28.8 Å². The van der Waals surface area contributed by atoms with Crippen LogP contribution in [0.2, 0.25) is 4.34 Å². The molecule has 0 bridgehead atoms.